The lowest BCUT2D eigenvalue weighted by atomic mass is 10.0. The van der Waals surface area contributed by atoms with Crippen molar-refractivity contribution in [1.82, 2.24) is 19.4 Å². The van der Waals surface area contributed by atoms with Crippen LogP contribution in [0.5, 0.6) is 5.75 Å². The molecular weight excluding hydrogens is 490 g/mol. The molecule has 5 rings (SSSR count). The molecular formula is C27H33N5O4S. The Kier molecular flexibility index (Phi) is 7.19. The van der Waals surface area contributed by atoms with Crippen molar-refractivity contribution in [2.75, 3.05) is 44.7 Å². The minimum absolute atomic E-state index is 0.0298. The van der Waals surface area contributed by atoms with Crippen molar-refractivity contribution in [3.05, 3.63) is 51.4 Å². The Morgan fingerprint density at radius 1 is 1.08 bits per heavy atom. The SMILES string of the molecule is COc1ccc(N2CCN(C(=O)c3sc4ncn(CC(=O)N5CCCC[C@@H]5C)c(=O)c4c3C)CC2)cc1. The van der Waals surface area contributed by atoms with Crippen molar-refractivity contribution in [3.8, 4) is 5.75 Å². The summed E-state index contributed by atoms with van der Waals surface area (Å²) in [5.74, 6) is 0.685. The van der Waals surface area contributed by atoms with E-state index in [0.29, 0.717) is 33.7 Å². The van der Waals surface area contributed by atoms with Gasteiger partial charge < -0.3 is 19.4 Å². The number of piperidine rings is 1. The van der Waals surface area contributed by atoms with E-state index < -0.39 is 0 Å². The number of fused-ring (bicyclic) bond motifs is 1. The van der Waals surface area contributed by atoms with Gasteiger partial charge in [0.25, 0.3) is 11.5 Å². The molecule has 2 saturated heterocycles. The number of amides is 2. The minimum Gasteiger partial charge on any atom is -0.497 e. The summed E-state index contributed by atoms with van der Waals surface area (Å²) >= 11 is 1.26. The zero-order valence-electron chi connectivity index (χ0n) is 21.6. The van der Waals surface area contributed by atoms with Gasteiger partial charge in [-0.2, -0.15) is 0 Å². The Morgan fingerprint density at radius 3 is 2.49 bits per heavy atom. The van der Waals surface area contributed by atoms with Gasteiger partial charge in [-0.25, -0.2) is 4.98 Å². The number of rotatable bonds is 5. The quantitative estimate of drug-likeness (QED) is 0.511. The average Bonchev–Trinajstić information content (AvgIpc) is 3.27. The molecule has 0 unspecified atom stereocenters. The van der Waals surface area contributed by atoms with Crippen LogP contribution in [0.4, 0.5) is 5.69 Å². The molecule has 2 aromatic heterocycles. The fourth-order valence-corrected chi connectivity index (χ4v) is 6.39. The largest absolute Gasteiger partial charge is 0.497 e. The highest BCUT2D eigenvalue weighted by Gasteiger charge is 2.28. The standard InChI is InChI=1S/C27H33N5O4S/c1-18-6-4-5-11-32(18)22(33)16-31-17-28-25-23(26(31)34)19(2)24(37-25)27(35)30-14-12-29(13-15-30)20-7-9-21(36-3)10-8-20/h7-10,17-18H,4-6,11-16H2,1-3H3/t18-/m0/s1. The number of hydrogen-bond donors (Lipinski definition) is 0. The second-order valence-electron chi connectivity index (χ2n) is 9.82. The summed E-state index contributed by atoms with van der Waals surface area (Å²) in [6.45, 7) is 7.20. The van der Waals surface area contributed by atoms with Crippen LogP contribution >= 0.6 is 11.3 Å². The number of aromatic nitrogens is 2. The number of likely N-dealkylation sites (tertiary alicyclic amines) is 1. The van der Waals surface area contributed by atoms with E-state index in [0.717, 1.165) is 50.3 Å². The highest BCUT2D eigenvalue weighted by atomic mass is 32.1. The summed E-state index contributed by atoms with van der Waals surface area (Å²) in [6, 6.07) is 8.12. The van der Waals surface area contributed by atoms with Crippen LogP contribution in [-0.4, -0.2) is 77.0 Å². The molecule has 2 fully saturated rings. The van der Waals surface area contributed by atoms with E-state index in [9.17, 15) is 14.4 Å². The number of thiophene rings is 1. The van der Waals surface area contributed by atoms with Crippen molar-refractivity contribution in [2.24, 2.45) is 0 Å². The Bertz CT molecular complexity index is 1360. The van der Waals surface area contributed by atoms with Crippen molar-refractivity contribution in [3.63, 3.8) is 0 Å². The molecule has 4 heterocycles. The lowest BCUT2D eigenvalue weighted by Crippen LogP contribution is -2.48. The maximum absolute atomic E-state index is 13.4. The van der Waals surface area contributed by atoms with Crippen LogP contribution in [0.15, 0.2) is 35.4 Å². The van der Waals surface area contributed by atoms with Crippen molar-refractivity contribution in [2.45, 2.75) is 45.7 Å². The van der Waals surface area contributed by atoms with Gasteiger partial charge in [-0.3, -0.25) is 19.0 Å². The Balaban J connectivity index is 1.30. The summed E-state index contributed by atoms with van der Waals surface area (Å²) < 4.78 is 6.62. The second-order valence-corrected chi connectivity index (χ2v) is 10.8. The summed E-state index contributed by atoms with van der Waals surface area (Å²) in [7, 11) is 1.65. The van der Waals surface area contributed by atoms with Crippen LogP contribution in [0, 0.1) is 6.92 Å². The minimum atomic E-state index is -0.264. The van der Waals surface area contributed by atoms with Gasteiger partial charge in [-0.05, 0) is 62.9 Å². The third-order valence-corrected chi connectivity index (χ3v) is 8.73. The van der Waals surface area contributed by atoms with Crippen molar-refractivity contribution < 1.29 is 14.3 Å². The molecule has 3 aromatic rings. The maximum Gasteiger partial charge on any atom is 0.264 e. The lowest BCUT2D eigenvalue weighted by molar-refractivity contribution is -0.135. The molecule has 0 bridgehead atoms. The number of aryl methyl sites for hydroxylation is 1. The lowest BCUT2D eigenvalue weighted by Gasteiger charge is -2.36. The number of carbonyl (C=O) groups is 2. The molecule has 10 heteroatoms. The summed E-state index contributed by atoms with van der Waals surface area (Å²) in [5.41, 5.74) is 1.48. The van der Waals surface area contributed by atoms with Gasteiger partial charge in [0.1, 0.15) is 17.1 Å². The van der Waals surface area contributed by atoms with Gasteiger partial charge in [-0.15, -0.1) is 11.3 Å². The molecule has 2 aliphatic rings. The fourth-order valence-electron chi connectivity index (χ4n) is 5.29. The molecule has 9 nitrogen and oxygen atoms in total. The number of hydrogen-bond acceptors (Lipinski definition) is 7. The average molecular weight is 524 g/mol. The van der Waals surface area contributed by atoms with E-state index in [1.54, 1.807) is 7.11 Å². The molecule has 1 atom stereocenters. The smallest absolute Gasteiger partial charge is 0.264 e. The Hall–Kier alpha value is -3.40. The summed E-state index contributed by atoms with van der Waals surface area (Å²) in [4.78, 5) is 51.2. The van der Waals surface area contributed by atoms with Gasteiger partial charge in [0.2, 0.25) is 5.91 Å². The molecule has 0 saturated carbocycles. The van der Waals surface area contributed by atoms with E-state index in [4.69, 9.17) is 4.74 Å². The van der Waals surface area contributed by atoms with Gasteiger partial charge >= 0.3 is 0 Å². The topological polar surface area (TPSA) is 88.0 Å². The predicted octanol–water partition coefficient (Wildman–Crippen LogP) is 3.14. The van der Waals surface area contributed by atoms with Crippen molar-refractivity contribution >= 4 is 39.1 Å². The van der Waals surface area contributed by atoms with Gasteiger partial charge in [0, 0.05) is 44.5 Å². The van der Waals surface area contributed by atoms with E-state index >= 15 is 0 Å². The predicted molar refractivity (Wildman–Crippen MR) is 145 cm³/mol. The second kappa shape index (κ2) is 10.5. The van der Waals surface area contributed by atoms with E-state index in [2.05, 4.69) is 16.8 Å². The molecule has 0 spiro atoms. The number of carbonyl (C=O) groups excluding carboxylic acids is 2. The molecule has 2 aliphatic heterocycles. The van der Waals surface area contributed by atoms with Crippen LogP contribution in [0.1, 0.15) is 41.4 Å². The first-order valence-electron chi connectivity index (χ1n) is 12.8. The van der Waals surface area contributed by atoms with Gasteiger partial charge in [0.05, 0.1) is 23.7 Å². The first-order valence-corrected chi connectivity index (χ1v) is 13.7. The maximum atomic E-state index is 13.4. The molecule has 0 aliphatic carbocycles. The first kappa shape index (κ1) is 25.3. The number of benzene rings is 1. The van der Waals surface area contributed by atoms with Crippen LogP contribution in [0.3, 0.4) is 0 Å². The zero-order valence-corrected chi connectivity index (χ0v) is 22.4. The third-order valence-electron chi connectivity index (χ3n) is 7.54. The van der Waals surface area contributed by atoms with Crippen LogP contribution in [0.2, 0.25) is 0 Å². The molecule has 37 heavy (non-hydrogen) atoms. The zero-order chi connectivity index (χ0) is 26.1. The number of anilines is 1. The molecule has 0 N–H and O–H groups in total. The monoisotopic (exact) mass is 523 g/mol. The number of methoxy groups -OCH3 is 1. The fraction of sp³-hybridized carbons (Fsp3) is 0.481. The number of piperazine rings is 1. The van der Waals surface area contributed by atoms with Crippen molar-refractivity contribution in [1.29, 1.82) is 0 Å². The van der Waals surface area contributed by atoms with E-state index in [1.807, 2.05) is 41.0 Å². The molecule has 196 valence electrons. The normalized spacial score (nSPS) is 18.4. The Labute approximate surface area is 220 Å². The molecule has 1 aromatic carbocycles. The highest BCUT2D eigenvalue weighted by Crippen LogP contribution is 2.29. The summed E-state index contributed by atoms with van der Waals surface area (Å²) in [5, 5.41) is 0.437. The number of ether oxygens (including phenoxy) is 1. The van der Waals surface area contributed by atoms with Crippen LogP contribution in [0.25, 0.3) is 10.2 Å². The number of nitrogens with zero attached hydrogens (tertiary/aromatic N) is 5. The Morgan fingerprint density at radius 2 is 1.81 bits per heavy atom. The van der Waals surface area contributed by atoms with Gasteiger partial charge in [0.15, 0.2) is 0 Å². The van der Waals surface area contributed by atoms with Crippen LogP contribution in [-0.2, 0) is 11.3 Å². The van der Waals surface area contributed by atoms with E-state index in [-0.39, 0.29) is 30.0 Å². The molecule has 0 radical (unpaired) electrons. The molecule has 2 amide bonds. The highest BCUT2D eigenvalue weighted by molar-refractivity contribution is 7.20. The summed E-state index contributed by atoms with van der Waals surface area (Å²) in [6.07, 6.45) is 4.54. The first-order chi connectivity index (χ1) is 17.9. The third kappa shape index (κ3) is 4.94. The van der Waals surface area contributed by atoms with Crippen LogP contribution < -0.4 is 15.2 Å². The van der Waals surface area contributed by atoms with E-state index in [1.165, 1.54) is 22.2 Å². The van der Waals surface area contributed by atoms with Gasteiger partial charge in [-0.1, -0.05) is 0 Å².